The van der Waals surface area contributed by atoms with Gasteiger partial charge in [-0.15, -0.1) is 70.4 Å². The van der Waals surface area contributed by atoms with Crippen LogP contribution >= 0.6 is 0 Å². The molecule has 0 saturated carbocycles. The maximum absolute atomic E-state index is 3.32. The first kappa shape index (κ1) is 41.3. The van der Waals surface area contributed by atoms with Crippen molar-refractivity contribution < 1.29 is 77.2 Å². The van der Waals surface area contributed by atoms with Crippen LogP contribution in [0.4, 0.5) is 0 Å². The second-order valence-corrected chi connectivity index (χ2v) is 12.1. The van der Waals surface area contributed by atoms with E-state index in [1.54, 1.807) is 0 Å². The van der Waals surface area contributed by atoms with E-state index in [-0.39, 0.29) is 77.2 Å². The molecule has 8 aromatic rings. The van der Waals surface area contributed by atoms with Crippen LogP contribution in [-0.4, -0.2) is 0 Å². The maximum Gasteiger partial charge on any atom is 2.00 e. The van der Waals surface area contributed by atoms with Crippen LogP contribution in [0.5, 0.6) is 0 Å². The second kappa shape index (κ2) is 19.5. The van der Waals surface area contributed by atoms with Gasteiger partial charge in [0.1, 0.15) is 0 Å². The maximum atomic E-state index is 3.32. The quantitative estimate of drug-likeness (QED) is 0.168. The van der Waals surface area contributed by atoms with Gasteiger partial charge >= 0.3 is 52.4 Å². The molecule has 0 nitrogen and oxygen atoms in total. The fourth-order valence-electron chi connectivity index (χ4n) is 6.52. The Morgan fingerprint density at radius 1 is 0.460 bits per heavy atom. The Morgan fingerprint density at radius 2 is 0.880 bits per heavy atom. The molecule has 0 bridgehead atoms. The van der Waals surface area contributed by atoms with Gasteiger partial charge in [-0.25, -0.2) is 0 Å². The Hall–Kier alpha value is -3.11. The molecule has 0 N–H and O–H groups in total. The van der Waals surface area contributed by atoms with Crippen molar-refractivity contribution in [1.82, 2.24) is 0 Å². The van der Waals surface area contributed by atoms with Gasteiger partial charge < -0.3 is 24.8 Å². The third kappa shape index (κ3) is 9.60. The fraction of sp³-hybridized carbons (Fsp3) is 0.0870. The number of hydrogen-bond acceptors (Lipinski definition) is 0. The number of rotatable bonds is 0. The molecular formula is C46H36Cl2Zr2-2. The summed E-state index contributed by atoms with van der Waals surface area (Å²) < 4.78 is 0. The molecule has 0 saturated heterocycles. The Kier molecular flexibility index (Phi) is 16.1. The van der Waals surface area contributed by atoms with Crippen LogP contribution in [0.15, 0.2) is 158 Å². The summed E-state index contributed by atoms with van der Waals surface area (Å²) >= 11 is 0. The van der Waals surface area contributed by atoms with Crippen LogP contribution in [-0.2, 0) is 65.2 Å². The van der Waals surface area contributed by atoms with Crippen LogP contribution in [0.1, 0.15) is 33.4 Å². The largest absolute Gasteiger partial charge is 2.00 e. The molecule has 0 aromatic heterocycles. The monoisotopic (exact) mass is 838 g/mol. The average Bonchev–Trinajstić information content (AvgIpc) is 3.89. The van der Waals surface area contributed by atoms with Crippen LogP contribution in [0.2, 0.25) is 0 Å². The predicted molar refractivity (Wildman–Crippen MR) is 196 cm³/mol. The van der Waals surface area contributed by atoms with E-state index in [4.69, 9.17) is 0 Å². The second-order valence-electron chi connectivity index (χ2n) is 12.1. The zero-order chi connectivity index (χ0) is 31.3. The smallest absolute Gasteiger partial charge is 1.00 e. The number of fused-ring (bicyclic) bond motifs is 8. The summed E-state index contributed by atoms with van der Waals surface area (Å²) in [4.78, 5) is 0. The molecule has 0 unspecified atom stereocenters. The Morgan fingerprint density at radius 3 is 1.30 bits per heavy atom. The number of benzene rings is 6. The molecule has 2 aliphatic carbocycles. The molecule has 244 valence electrons. The number of aryl methyl sites for hydroxylation is 2. The summed E-state index contributed by atoms with van der Waals surface area (Å²) in [7, 11) is 0. The van der Waals surface area contributed by atoms with Crippen LogP contribution in [0.3, 0.4) is 0 Å². The van der Waals surface area contributed by atoms with Crippen LogP contribution < -0.4 is 24.8 Å². The molecular weight excluding hydrogens is 806 g/mol. The van der Waals surface area contributed by atoms with E-state index >= 15 is 0 Å². The van der Waals surface area contributed by atoms with Gasteiger partial charge in [0.25, 0.3) is 0 Å². The van der Waals surface area contributed by atoms with Gasteiger partial charge in [0.2, 0.25) is 0 Å². The van der Waals surface area contributed by atoms with Gasteiger partial charge in [0.05, 0.1) is 0 Å². The first-order valence-electron chi connectivity index (χ1n) is 16.0. The molecule has 8 aromatic carbocycles. The van der Waals surface area contributed by atoms with Gasteiger partial charge in [-0.2, -0.15) is 94.7 Å². The first-order chi connectivity index (χ1) is 22.6. The van der Waals surface area contributed by atoms with Crippen molar-refractivity contribution in [2.45, 2.75) is 26.7 Å². The zero-order valence-electron chi connectivity index (χ0n) is 28.2. The van der Waals surface area contributed by atoms with Crippen molar-refractivity contribution >= 4 is 21.5 Å². The summed E-state index contributed by atoms with van der Waals surface area (Å²) in [5.74, 6) is 0. The van der Waals surface area contributed by atoms with E-state index in [2.05, 4.69) is 172 Å². The van der Waals surface area contributed by atoms with E-state index in [0.717, 1.165) is 12.8 Å². The van der Waals surface area contributed by atoms with Gasteiger partial charge in [0.15, 0.2) is 0 Å². The van der Waals surface area contributed by atoms with Crippen molar-refractivity contribution in [3.05, 3.63) is 203 Å². The van der Waals surface area contributed by atoms with Crippen molar-refractivity contribution in [1.29, 1.82) is 0 Å². The minimum atomic E-state index is 0. The predicted octanol–water partition coefficient (Wildman–Crippen LogP) is 5.85. The van der Waals surface area contributed by atoms with E-state index in [0.29, 0.717) is 0 Å². The van der Waals surface area contributed by atoms with E-state index in [1.807, 2.05) is 12.1 Å². The van der Waals surface area contributed by atoms with Crippen LogP contribution in [0, 0.1) is 26.0 Å². The first-order valence-corrected chi connectivity index (χ1v) is 16.0. The number of hydrogen-bond donors (Lipinski definition) is 0. The fourth-order valence-corrected chi connectivity index (χ4v) is 6.52. The van der Waals surface area contributed by atoms with Crippen molar-refractivity contribution in [2.75, 3.05) is 0 Å². The topological polar surface area (TPSA) is 0 Å². The minimum Gasteiger partial charge on any atom is -1.00 e. The Labute approximate surface area is 347 Å². The van der Waals surface area contributed by atoms with Crippen molar-refractivity contribution in [3.63, 3.8) is 0 Å². The number of halogens is 2. The van der Waals surface area contributed by atoms with Crippen molar-refractivity contribution in [3.8, 4) is 22.3 Å². The van der Waals surface area contributed by atoms with Crippen LogP contribution in [0.25, 0.3) is 43.8 Å². The summed E-state index contributed by atoms with van der Waals surface area (Å²) in [6.07, 6.45) is 2.10. The molecule has 0 heterocycles. The molecule has 50 heavy (non-hydrogen) atoms. The van der Waals surface area contributed by atoms with E-state index < -0.39 is 0 Å². The summed E-state index contributed by atoms with van der Waals surface area (Å²) in [6, 6.07) is 61.8. The van der Waals surface area contributed by atoms with Gasteiger partial charge in [-0.05, 0) is 37.8 Å². The third-order valence-corrected chi connectivity index (χ3v) is 8.82. The van der Waals surface area contributed by atoms with Gasteiger partial charge in [0, 0.05) is 0 Å². The third-order valence-electron chi connectivity index (χ3n) is 8.82. The zero-order valence-corrected chi connectivity index (χ0v) is 34.6. The van der Waals surface area contributed by atoms with E-state index in [9.17, 15) is 0 Å². The minimum absolute atomic E-state index is 0. The molecule has 0 atom stereocenters. The average molecular weight is 842 g/mol. The normalized spacial score (nSPS) is 10.6. The Balaban J connectivity index is 0.000000179. The summed E-state index contributed by atoms with van der Waals surface area (Å²) in [6.45, 7) is 4.29. The molecule has 0 amide bonds. The molecule has 0 spiro atoms. The molecule has 0 radical (unpaired) electrons. The molecule has 10 rings (SSSR count). The van der Waals surface area contributed by atoms with E-state index in [1.165, 1.54) is 77.2 Å². The summed E-state index contributed by atoms with van der Waals surface area (Å²) in [5, 5.41) is 5.32. The summed E-state index contributed by atoms with van der Waals surface area (Å²) in [5.41, 5.74) is 13.8. The molecule has 0 fully saturated rings. The SMILES string of the molecule is Cc1ccc2c(c1)Cc1[c-]cccc1-2.Cc1ccc2c(c1)Cc1[c-]cccc1-2.[Cl-].[Cl-].[Zr+2].[Zr+2].c1ccc2[cH-]ccc2c1.c1ccc2[cH-]ccc2c1. The van der Waals surface area contributed by atoms with Gasteiger partial charge in [-0.3, -0.25) is 0 Å². The Bertz CT molecular complexity index is 2040. The standard InChI is InChI=1S/2C14H11.2C9H7.2ClH.2Zr/c2*1-10-6-7-14-12(8-10)9-11-4-2-3-5-13(11)14;2*1-2-5-9-7-3-6-8(9)4-1;;;;/h2*2-3,5-8H,9H2,1H3;2*1-7H;2*1H;;/q4*-1;;;2*+2/p-2. The van der Waals surface area contributed by atoms with Gasteiger partial charge in [-0.1, -0.05) is 70.8 Å². The molecule has 2 aliphatic rings. The van der Waals surface area contributed by atoms with Crippen molar-refractivity contribution in [2.24, 2.45) is 0 Å². The molecule has 4 heteroatoms. The molecule has 0 aliphatic heterocycles.